The van der Waals surface area contributed by atoms with Gasteiger partial charge in [-0.25, -0.2) is 0 Å². The van der Waals surface area contributed by atoms with Crippen molar-refractivity contribution in [2.45, 2.75) is 25.7 Å². The van der Waals surface area contributed by atoms with Crippen LogP contribution < -0.4 is 50.8 Å². The number of rotatable bonds is 10. The molecule has 0 amide bonds. The molecule has 0 aromatic heterocycles. The normalized spacial score (nSPS) is 16.1. The van der Waals surface area contributed by atoms with E-state index in [1.54, 1.807) is 5.57 Å². The van der Waals surface area contributed by atoms with Crippen molar-refractivity contribution in [3.63, 3.8) is 0 Å². The second-order valence-corrected chi connectivity index (χ2v) is 17.8. The zero-order valence-corrected chi connectivity index (χ0v) is 35.3. The molecule has 3 aliphatic carbocycles. The predicted molar refractivity (Wildman–Crippen MR) is 215 cm³/mol. The minimum Gasteiger partial charge on any atom is -1.00 e. The Kier molecular flexibility index (Phi) is 12.5. The fraction of sp³-hybridized carbons (Fsp3) is 0.143. The molecular weight excluding hydrogens is 795 g/mol. The minimum atomic E-state index is -2.82. The molecule has 0 spiro atoms. The number of halogens is 2. The summed E-state index contributed by atoms with van der Waals surface area (Å²) in [6.07, 6.45) is 11.2. The molecule has 266 valence electrons. The Morgan fingerprint density at radius 3 is 1.56 bits per heavy atom. The van der Waals surface area contributed by atoms with Gasteiger partial charge in [-0.15, -0.1) is 0 Å². The Morgan fingerprint density at radius 2 is 1.02 bits per heavy atom. The molecular formula is C49H42Cl2OSiZr. The zero-order chi connectivity index (χ0) is 34.3. The van der Waals surface area contributed by atoms with Crippen LogP contribution in [0.4, 0.5) is 0 Å². The molecule has 1 nitrogen and oxygen atoms in total. The van der Waals surface area contributed by atoms with Gasteiger partial charge in [0, 0.05) is 23.9 Å². The first kappa shape index (κ1) is 39.9. The third kappa shape index (κ3) is 6.63. The first-order chi connectivity index (χ1) is 25.2. The first-order valence-corrected chi connectivity index (χ1v) is 20.3. The quantitative estimate of drug-likeness (QED) is 0.117. The molecule has 9 rings (SSSR count). The van der Waals surface area contributed by atoms with Gasteiger partial charge in [-0.3, -0.25) is 0 Å². The van der Waals surface area contributed by atoms with E-state index in [1.165, 1.54) is 53.8 Å². The van der Waals surface area contributed by atoms with E-state index >= 15 is 0 Å². The average molecular weight is 837 g/mol. The van der Waals surface area contributed by atoms with Crippen LogP contribution >= 0.6 is 0 Å². The number of allylic oxidation sites excluding steroid dienone is 4. The van der Waals surface area contributed by atoms with E-state index in [4.69, 9.17) is 4.43 Å². The van der Waals surface area contributed by atoms with Crippen molar-refractivity contribution in [1.82, 2.24) is 0 Å². The van der Waals surface area contributed by atoms with Crippen molar-refractivity contribution in [2.24, 2.45) is 11.3 Å². The molecule has 54 heavy (non-hydrogen) atoms. The van der Waals surface area contributed by atoms with E-state index in [2.05, 4.69) is 195 Å². The van der Waals surface area contributed by atoms with Gasteiger partial charge in [0.15, 0.2) is 0 Å². The van der Waals surface area contributed by atoms with Crippen molar-refractivity contribution in [3.8, 4) is 11.1 Å². The number of fused-ring (bicyclic) bond motifs is 5. The summed E-state index contributed by atoms with van der Waals surface area (Å²) >= 11 is 0. The molecule has 0 bridgehead atoms. The fourth-order valence-corrected chi connectivity index (χ4v) is 13.5. The molecule has 0 N–H and O–H groups in total. The molecule has 0 aliphatic heterocycles. The molecule has 0 saturated heterocycles. The van der Waals surface area contributed by atoms with Crippen LogP contribution in [-0.4, -0.2) is 14.9 Å². The fourth-order valence-electron chi connectivity index (χ4n) is 9.56. The summed E-state index contributed by atoms with van der Waals surface area (Å²) in [5, 5.41) is 6.62. The molecule has 6 aromatic carbocycles. The zero-order valence-electron chi connectivity index (χ0n) is 30.3. The number of hydrogen-bond acceptors (Lipinski definition) is 1. The van der Waals surface area contributed by atoms with Crippen LogP contribution in [0.3, 0.4) is 0 Å². The largest absolute Gasteiger partial charge is 2.00 e. The first-order valence-electron chi connectivity index (χ1n) is 18.4. The summed E-state index contributed by atoms with van der Waals surface area (Å²) in [5.41, 5.74) is 8.42. The molecule has 5 heteroatoms. The van der Waals surface area contributed by atoms with Gasteiger partial charge in [0.2, 0.25) is 0 Å². The molecule has 0 radical (unpaired) electrons. The molecule has 0 fully saturated rings. The Hall–Kier alpha value is -3.82. The van der Waals surface area contributed by atoms with E-state index in [-0.39, 0.29) is 68.3 Å². The van der Waals surface area contributed by atoms with Gasteiger partial charge in [0.05, 0.1) is 0 Å². The van der Waals surface area contributed by atoms with E-state index in [0.29, 0.717) is 6.61 Å². The van der Waals surface area contributed by atoms with E-state index in [9.17, 15) is 0 Å². The summed E-state index contributed by atoms with van der Waals surface area (Å²) in [4.78, 5) is 0. The van der Waals surface area contributed by atoms with Crippen LogP contribution in [0.1, 0.15) is 36.8 Å². The molecule has 6 aromatic rings. The number of hydrogen-bond donors (Lipinski definition) is 0. The third-order valence-electron chi connectivity index (χ3n) is 11.7. The Morgan fingerprint density at radius 1 is 0.556 bits per heavy atom. The molecule has 2 unspecified atom stereocenters. The van der Waals surface area contributed by atoms with Crippen LogP contribution in [0, 0.1) is 11.3 Å². The van der Waals surface area contributed by atoms with E-state index in [0.717, 1.165) is 12.8 Å². The van der Waals surface area contributed by atoms with Crippen molar-refractivity contribution < 1.29 is 55.4 Å². The smallest absolute Gasteiger partial charge is 1.00 e. The van der Waals surface area contributed by atoms with Gasteiger partial charge in [-0.2, -0.15) is 0 Å². The van der Waals surface area contributed by atoms with Gasteiger partial charge in [0.1, 0.15) is 0 Å². The van der Waals surface area contributed by atoms with Crippen LogP contribution in [0.15, 0.2) is 188 Å². The average Bonchev–Trinajstić information content (AvgIpc) is 3.73. The van der Waals surface area contributed by atoms with Crippen LogP contribution in [0.25, 0.3) is 22.3 Å². The summed E-state index contributed by atoms with van der Waals surface area (Å²) in [7, 11) is -2.82. The van der Waals surface area contributed by atoms with Crippen LogP contribution in [0.2, 0.25) is 0 Å². The van der Waals surface area contributed by atoms with Crippen molar-refractivity contribution in [2.75, 3.05) is 6.61 Å². The monoisotopic (exact) mass is 834 g/mol. The maximum absolute atomic E-state index is 7.52. The van der Waals surface area contributed by atoms with Crippen molar-refractivity contribution in [1.29, 1.82) is 0 Å². The third-order valence-corrected chi connectivity index (χ3v) is 15.7. The van der Waals surface area contributed by atoms with Crippen LogP contribution in [0.5, 0.6) is 0 Å². The summed E-state index contributed by atoms with van der Waals surface area (Å²) in [6, 6.07) is 60.3. The van der Waals surface area contributed by atoms with E-state index < -0.39 is 8.32 Å². The van der Waals surface area contributed by atoms with E-state index in [1.807, 2.05) is 0 Å². The van der Waals surface area contributed by atoms with Crippen molar-refractivity contribution >= 4 is 35.0 Å². The van der Waals surface area contributed by atoms with Crippen molar-refractivity contribution in [3.05, 3.63) is 210 Å². The molecule has 0 saturated carbocycles. The number of benzene rings is 6. The molecule has 2 atom stereocenters. The Bertz CT molecular complexity index is 2270. The Labute approximate surface area is 352 Å². The van der Waals surface area contributed by atoms with Gasteiger partial charge >= 0.3 is 26.2 Å². The Balaban J connectivity index is 0.00000166. The second kappa shape index (κ2) is 16.9. The van der Waals surface area contributed by atoms with Gasteiger partial charge in [0.25, 0.3) is 8.32 Å². The van der Waals surface area contributed by atoms with Crippen LogP contribution in [-0.2, 0) is 30.6 Å². The van der Waals surface area contributed by atoms with Gasteiger partial charge in [-0.05, 0) is 72.2 Å². The summed E-state index contributed by atoms with van der Waals surface area (Å²) in [6.45, 7) is 3.23. The second-order valence-electron chi connectivity index (χ2n) is 14.4. The minimum absolute atomic E-state index is 0. The summed E-state index contributed by atoms with van der Waals surface area (Å²) < 4.78 is 7.52. The topological polar surface area (TPSA) is 9.23 Å². The maximum Gasteiger partial charge on any atom is 2.00 e. The molecule has 3 aliphatic rings. The molecule has 0 heterocycles. The maximum atomic E-state index is 7.52. The summed E-state index contributed by atoms with van der Waals surface area (Å²) in [5.74, 6) is 0.482. The predicted octanol–water partition coefficient (Wildman–Crippen LogP) is 2.03. The van der Waals surface area contributed by atoms with Gasteiger partial charge in [-0.1, -0.05) is 195 Å². The van der Waals surface area contributed by atoms with Gasteiger partial charge < -0.3 is 29.2 Å². The SMILES string of the molecule is CC(CCCO[Si](c1ccccc1)(c1ccccc1)c1ccccc1)(C1=c2ccccc2=C2C=CC=CC21)C1c2ccccc2-c2ccccc21.[Cl-].[Cl-].[Zr+2]. The standard InChI is InChI=1S/C49H42OSi.2ClH.Zr/c1-49(47-43-30-15-11-26-39(43)40-27-12-16-31-44(40)47,48-45-32-17-13-28-41(45)42-29-14-18-33-46(42)48)34-19-35-50-51(36-20-5-2-6-21-36,37-22-7-3-8-23-37)38-24-9-4-10-25-38;;;/h2-18,20-33,43,48H,19,34-35H2,1H3;2*1H;/q;;;+2/p-2.